The lowest BCUT2D eigenvalue weighted by Crippen LogP contribution is -2.54. The van der Waals surface area contributed by atoms with Gasteiger partial charge in [0, 0.05) is 13.1 Å². The molecule has 1 heterocycles. The van der Waals surface area contributed by atoms with Crippen molar-refractivity contribution in [3.05, 3.63) is 0 Å². The summed E-state index contributed by atoms with van der Waals surface area (Å²) in [6.07, 6.45) is 2.28. The Hall–Kier alpha value is -1.83. The van der Waals surface area contributed by atoms with Crippen LogP contribution < -0.4 is 17.2 Å². The lowest BCUT2D eigenvalue weighted by molar-refractivity contribution is -0.153. The molecule has 1 aliphatic heterocycles. The van der Waals surface area contributed by atoms with Crippen molar-refractivity contribution in [3.63, 3.8) is 0 Å². The van der Waals surface area contributed by atoms with E-state index in [0.717, 1.165) is 6.42 Å². The molecule has 1 rings (SSSR count). The van der Waals surface area contributed by atoms with E-state index in [1.807, 2.05) is 6.92 Å². The number of carboxylic acid groups (broad SMARTS) is 1. The zero-order valence-corrected chi connectivity index (χ0v) is 12.4. The number of carbonyl (C=O) groups excluding carboxylic acids is 1. The van der Waals surface area contributed by atoms with Crippen molar-refractivity contribution in [2.75, 3.05) is 13.1 Å². The zero-order valence-electron chi connectivity index (χ0n) is 12.4. The monoisotopic (exact) mass is 299 g/mol. The Labute approximate surface area is 124 Å². The summed E-state index contributed by atoms with van der Waals surface area (Å²) in [5.41, 5.74) is 16.3. The largest absolute Gasteiger partial charge is 0.480 e. The van der Waals surface area contributed by atoms with Crippen LogP contribution in [-0.4, -0.2) is 53.0 Å². The van der Waals surface area contributed by atoms with Gasteiger partial charge in [0.1, 0.15) is 6.04 Å². The van der Waals surface area contributed by atoms with Crippen molar-refractivity contribution >= 4 is 17.8 Å². The predicted octanol–water partition coefficient (Wildman–Crippen LogP) is -0.921. The topological polar surface area (TPSA) is 148 Å². The highest BCUT2D eigenvalue weighted by Crippen LogP contribution is 2.23. The van der Waals surface area contributed by atoms with E-state index < -0.39 is 18.1 Å². The lowest BCUT2D eigenvalue weighted by Gasteiger charge is -2.37. The average Bonchev–Trinajstić information content (AvgIpc) is 2.42. The van der Waals surface area contributed by atoms with Gasteiger partial charge in [0.05, 0.1) is 6.04 Å². The van der Waals surface area contributed by atoms with E-state index in [0.29, 0.717) is 38.3 Å². The van der Waals surface area contributed by atoms with Crippen LogP contribution >= 0.6 is 0 Å². The fourth-order valence-corrected chi connectivity index (χ4v) is 2.50. The quantitative estimate of drug-likeness (QED) is 0.283. The summed E-state index contributed by atoms with van der Waals surface area (Å²) < 4.78 is 0. The predicted molar refractivity (Wildman–Crippen MR) is 79.4 cm³/mol. The highest BCUT2D eigenvalue weighted by atomic mass is 16.4. The Morgan fingerprint density at radius 1 is 1.43 bits per heavy atom. The summed E-state index contributed by atoms with van der Waals surface area (Å²) in [7, 11) is 0. The fourth-order valence-electron chi connectivity index (χ4n) is 2.50. The van der Waals surface area contributed by atoms with Crippen molar-refractivity contribution < 1.29 is 14.7 Å². The Morgan fingerprint density at radius 3 is 2.67 bits per heavy atom. The Kier molecular flexibility index (Phi) is 6.41. The Bertz CT molecular complexity index is 409. The molecule has 0 aromatic heterocycles. The van der Waals surface area contributed by atoms with E-state index in [1.54, 1.807) is 0 Å². The van der Waals surface area contributed by atoms with Crippen molar-refractivity contribution in [1.29, 1.82) is 0 Å². The molecule has 8 heteroatoms. The van der Waals surface area contributed by atoms with Gasteiger partial charge >= 0.3 is 5.97 Å². The standard InChI is InChI=1S/C13H25N5O3/c1-8-4-6-18(10(7-8)12(20)21)11(19)9(14)3-2-5-17-13(15)16/h8-10H,2-7,14H2,1H3,(H,20,21)(H4,15,16,17). The second kappa shape index (κ2) is 7.82. The summed E-state index contributed by atoms with van der Waals surface area (Å²) >= 11 is 0. The highest BCUT2D eigenvalue weighted by molar-refractivity contribution is 5.87. The van der Waals surface area contributed by atoms with Crippen molar-refractivity contribution in [2.24, 2.45) is 28.1 Å². The number of piperidine rings is 1. The van der Waals surface area contributed by atoms with Gasteiger partial charge in [-0.15, -0.1) is 0 Å². The number of rotatable bonds is 6. The lowest BCUT2D eigenvalue weighted by atomic mass is 9.91. The van der Waals surface area contributed by atoms with Crippen LogP contribution in [0.4, 0.5) is 0 Å². The van der Waals surface area contributed by atoms with E-state index >= 15 is 0 Å². The summed E-state index contributed by atoms with van der Waals surface area (Å²) in [4.78, 5) is 28.8. The number of nitrogens with two attached hydrogens (primary N) is 3. The van der Waals surface area contributed by atoms with Crippen molar-refractivity contribution in [3.8, 4) is 0 Å². The number of hydrogen-bond donors (Lipinski definition) is 4. The van der Waals surface area contributed by atoms with Crippen LogP contribution in [0.2, 0.25) is 0 Å². The smallest absolute Gasteiger partial charge is 0.326 e. The van der Waals surface area contributed by atoms with E-state index in [9.17, 15) is 14.7 Å². The molecule has 3 unspecified atom stereocenters. The number of guanidine groups is 1. The molecule has 0 bridgehead atoms. The molecule has 1 fully saturated rings. The first-order valence-electron chi connectivity index (χ1n) is 7.17. The molecule has 0 radical (unpaired) electrons. The number of likely N-dealkylation sites (tertiary alicyclic amines) is 1. The Morgan fingerprint density at radius 2 is 2.10 bits per heavy atom. The second-order valence-corrected chi connectivity index (χ2v) is 5.57. The third kappa shape index (κ3) is 5.22. The van der Waals surface area contributed by atoms with Gasteiger partial charge in [0.15, 0.2) is 5.96 Å². The van der Waals surface area contributed by atoms with E-state index in [-0.39, 0.29) is 11.9 Å². The first-order chi connectivity index (χ1) is 9.82. The minimum absolute atomic E-state index is 0.00542. The van der Waals surface area contributed by atoms with Crippen LogP contribution in [0.25, 0.3) is 0 Å². The molecule has 0 saturated carbocycles. The molecule has 1 amide bonds. The summed E-state index contributed by atoms with van der Waals surface area (Å²) in [6, 6.07) is -1.49. The van der Waals surface area contributed by atoms with Gasteiger partial charge in [-0.25, -0.2) is 4.79 Å². The number of aliphatic carboxylic acids is 1. The third-order valence-corrected chi connectivity index (χ3v) is 3.72. The van der Waals surface area contributed by atoms with Crippen LogP contribution in [0.5, 0.6) is 0 Å². The first-order valence-corrected chi connectivity index (χ1v) is 7.17. The number of carbonyl (C=O) groups is 2. The number of amides is 1. The van der Waals surface area contributed by atoms with Gasteiger partial charge in [-0.1, -0.05) is 6.92 Å². The molecule has 0 spiro atoms. The molecule has 1 aliphatic rings. The van der Waals surface area contributed by atoms with E-state index in [1.165, 1.54) is 4.90 Å². The van der Waals surface area contributed by atoms with Gasteiger partial charge in [-0.3, -0.25) is 9.79 Å². The maximum absolute atomic E-state index is 12.3. The van der Waals surface area contributed by atoms with E-state index in [2.05, 4.69) is 4.99 Å². The number of aliphatic imine (C=N–C) groups is 1. The average molecular weight is 299 g/mol. The van der Waals surface area contributed by atoms with Crippen LogP contribution in [-0.2, 0) is 9.59 Å². The molecule has 1 saturated heterocycles. The summed E-state index contributed by atoms with van der Waals surface area (Å²) in [5, 5.41) is 9.25. The SMILES string of the molecule is CC1CCN(C(=O)C(N)CCCN=C(N)N)C(C(=O)O)C1. The van der Waals surface area contributed by atoms with Crippen molar-refractivity contribution in [2.45, 2.75) is 44.7 Å². The molecule has 0 aromatic carbocycles. The number of carboxylic acids is 1. The molecule has 21 heavy (non-hydrogen) atoms. The van der Waals surface area contributed by atoms with Gasteiger partial charge < -0.3 is 27.2 Å². The summed E-state index contributed by atoms with van der Waals surface area (Å²) in [6.45, 7) is 2.84. The molecule has 7 N–H and O–H groups in total. The minimum Gasteiger partial charge on any atom is -0.480 e. The number of nitrogens with zero attached hydrogens (tertiary/aromatic N) is 2. The summed E-state index contributed by atoms with van der Waals surface area (Å²) in [5.74, 6) is -0.972. The maximum Gasteiger partial charge on any atom is 0.326 e. The molecular weight excluding hydrogens is 274 g/mol. The second-order valence-electron chi connectivity index (χ2n) is 5.57. The maximum atomic E-state index is 12.3. The molecule has 0 aromatic rings. The molecule has 0 aliphatic carbocycles. The molecular formula is C13H25N5O3. The molecule has 3 atom stereocenters. The first kappa shape index (κ1) is 17.2. The highest BCUT2D eigenvalue weighted by Gasteiger charge is 2.36. The van der Waals surface area contributed by atoms with Gasteiger partial charge in [-0.05, 0) is 31.6 Å². The molecule has 8 nitrogen and oxygen atoms in total. The number of hydrogen-bond acceptors (Lipinski definition) is 4. The minimum atomic E-state index is -0.970. The van der Waals surface area contributed by atoms with Crippen molar-refractivity contribution in [1.82, 2.24) is 4.90 Å². The van der Waals surface area contributed by atoms with Crippen LogP contribution in [0.15, 0.2) is 4.99 Å². The van der Waals surface area contributed by atoms with Crippen LogP contribution in [0.3, 0.4) is 0 Å². The Balaban J connectivity index is 2.55. The van der Waals surface area contributed by atoms with Crippen LogP contribution in [0.1, 0.15) is 32.6 Å². The third-order valence-electron chi connectivity index (χ3n) is 3.72. The van der Waals surface area contributed by atoms with E-state index in [4.69, 9.17) is 17.2 Å². The zero-order chi connectivity index (χ0) is 16.0. The van der Waals surface area contributed by atoms with Gasteiger partial charge in [-0.2, -0.15) is 0 Å². The van der Waals surface area contributed by atoms with Gasteiger partial charge in [0.2, 0.25) is 5.91 Å². The molecule has 120 valence electrons. The van der Waals surface area contributed by atoms with Crippen LogP contribution in [0, 0.1) is 5.92 Å². The normalized spacial score (nSPS) is 23.4. The van der Waals surface area contributed by atoms with Gasteiger partial charge in [0.25, 0.3) is 0 Å². The fraction of sp³-hybridized carbons (Fsp3) is 0.769.